The molecule has 3 heteroatoms. The maximum Gasteiger partial charge on any atom is 0.338 e. The number of rotatable bonds is 4. The number of ether oxygens (including phenoxy) is 2. The molecule has 3 nitrogen and oxygen atoms in total. The van der Waals surface area contributed by atoms with Gasteiger partial charge < -0.3 is 9.47 Å². The van der Waals surface area contributed by atoms with Crippen molar-refractivity contribution in [3.63, 3.8) is 0 Å². The van der Waals surface area contributed by atoms with Crippen LogP contribution in [0.2, 0.25) is 0 Å². The van der Waals surface area contributed by atoms with Gasteiger partial charge in [0.1, 0.15) is 5.75 Å². The Morgan fingerprint density at radius 3 is 2.41 bits per heavy atom. The van der Waals surface area contributed by atoms with E-state index in [1.165, 1.54) is 0 Å². The van der Waals surface area contributed by atoms with Crippen LogP contribution in [0.5, 0.6) is 5.75 Å². The van der Waals surface area contributed by atoms with Crippen LogP contribution in [0.3, 0.4) is 0 Å². The molecule has 1 aromatic carbocycles. The molecule has 0 aromatic heterocycles. The molecule has 0 amide bonds. The topological polar surface area (TPSA) is 35.5 Å². The minimum Gasteiger partial charge on any atom is -0.491 e. The van der Waals surface area contributed by atoms with Crippen molar-refractivity contribution in [1.29, 1.82) is 0 Å². The minimum absolute atomic E-state index is 0.126. The van der Waals surface area contributed by atoms with Crippen molar-refractivity contribution in [2.75, 3.05) is 6.61 Å². The highest BCUT2D eigenvalue weighted by Gasteiger charge is 2.14. The van der Waals surface area contributed by atoms with Gasteiger partial charge in [-0.3, -0.25) is 0 Å². The maximum atomic E-state index is 11.7. The average molecular weight is 236 g/mol. The second-order valence-corrected chi connectivity index (χ2v) is 4.25. The van der Waals surface area contributed by atoms with Crippen LogP contribution in [0.15, 0.2) is 12.1 Å². The van der Waals surface area contributed by atoms with Crippen LogP contribution in [0.1, 0.15) is 42.3 Å². The lowest BCUT2D eigenvalue weighted by Gasteiger charge is -2.15. The summed E-state index contributed by atoms with van der Waals surface area (Å²) >= 11 is 0. The smallest absolute Gasteiger partial charge is 0.338 e. The van der Waals surface area contributed by atoms with Crippen molar-refractivity contribution in [3.8, 4) is 5.75 Å². The summed E-state index contributed by atoms with van der Waals surface area (Å²) in [5, 5.41) is 0. The summed E-state index contributed by atoms with van der Waals surface area (Å²) in [6.07, 6.45) is 0.126. The molecule has 0 saturated heterocycles. The fourth-order valence-electron chi connectivity index (χ4n) is 1.61. The highest BCUT2D eigenvalue weighted by atomic mass is 16.5. The van der Waals surface area contributed by atoms with Crippen LogP contribution in [-0.4, -0.2) is 18.7 Å². The van der Waals surface area contributed by atoms with Gasteiger partial charge in [-0.15, -0.1) is 0 Å². The number of hydrogen-bond acceptors (Lipinski definition) is 3. The molecule has 0 atom stereocenters. The Hall–Kier alpha value is -1.51. The number of carbonyl (C=O) groups excluding carboxylic acids is 1. The van der Waals surface area contributed by atoms with Gasteiger partial charge in [0.25, 0.3) is 0 Å². The fourth-order valence-corrected chi connectivity index (χ4v) is 1.61. The number of benzene rings is 1. The summed E-state index contributed by atoms with van der Waals surface area (Å²) in [6.45, 7) is 10.0. The lowest BCUT2D eigenvalue weighted by Crippen LogP contribution is -2.11. The summed E-state index contributed by atoms with van der Waals surface area (Å²) in [5.41, 5.74) is 2.52. The Morgan fingerprint density at radius 1 is 1.24 bits per heavy atom. The first-order chi connectivity index (χ1) is 7.97. The predicted molar refractivity (Wildman–Crippen MR) is 67.6 cm³/mol. The van der Waals surface area contributed by atoms with Crippen LogP contribution in [0, 0.1) is 13.8 Å². The molecule has 0 radical (unpaired) electrons. The third-order valence-electron chi connectivity index (χ3n) is 2.60. The normalized spacial score (nSPS) is 10.5. The van der Waals surface area contributed by atoms with Crippen molar-refractivity contribution < 1.29 is 14.3 Å². The Labute approximate surface area is 103 Å². The summed E-state index contributed by atoms with van der Waals surface area (Å²) in [5.74, 6) is 0.551. The quantitative estimate of drug-likeness (QED) is 0.753. The van der Waals surface area contributed by atoms with Gasteiger partial charge in [-0.25, -0.2) is 4.79 Å². The van der Waals surface area contributed by atoms with E-state index >= 15 is 0 Å². The van der Waals surface area contributed by atoms with Gasteiger partial charge >= 0.3 is 5.97 Å². The van der Waals surface area contributed by atoms with E-state index in [2.05, 4.69) is 0 Å². The molecule has 0 heterocycles. The monoisotopic (exact) mass is 236 g/mol. The van der Waals surface area contributed by atoms with E-state index in [1.807, 2.05) is 33.8 Å². The molecular weight excluding hydrogens is 216 g/mol. The molecule has 17 heavy (non-hydrogen) atoms. The van der Waals surface area contributed by atoms with Gasteiger partial charge in [-0.2, -0.15) is 0 Å². The molecule has 0 aliphatic heterocycles. The fraction of sp³-hybridized carbons (Fsp3) is 0.500. The molecule has 1 rings (SSSR count). The average Bonchev–Trinajstić information content (AvgIpc) is 2.24. The van der Waals surface area contributed by atoms with E-state index in [0.29, 0.717) is 12.2 Å². The molecule has 0 fully saturated rings. The van der Waals surface area contributed by atoms with E-state index in [-0.39, 0.29) is 12.1 Å². The first-order valence-electron chi connectivity index (χ1n) is 5.91. The number of esters is 1. The maximum absolute atomic E-state index is 11.7. The van der Waals surface area contributed by atoms with Crippen molar-refractivity contribution in [2.45, 2.75) is 40.7 Å². The largest absolute Gasteiger partial charge is 0.491 e. The highest BCUT2D eigenvalue weighted by Crippen LogP contribution is 2.25. The first kappa shape index (κ1) is 13.6. The van der Waals surface area contributed by atoms with E-state index in [9.17, 15) is 4.79 Å². The van der Waals surface area contributed by atoms with Crippen LogP contribution >= 0.6 is 0 Å². The van der Waals surface area contributed by atoms with E-state index in [4.69, 9.17) is 9.47 Å². The van der Waals surface area contributed by atoms with Crippen molar-refractivity contribution in [1.82, 2.24) is 0 Å². The second kappa shape index (κ2) is 5.71. The SMILES string of the molecule is CCOC(=O)c1ccc(OC(C)C)c(C)c1C. The molecule has 94 valence electrons. The molecule has 0 unspecified atom stereocenters. The zero-order chi connectivity index (χ0) is 13.0. The standard InChI is InChI=1S/C14H20O3/c1-6-16-14(15)12-7-8-13(17-9(2)3)11(5)10(12)4/h7-9H,6H2,1-5H3. The Morgan fingerprint density at radius 2 is 1.88 bits per heavy atom. The van der Waals surface area contributed by atoms with Crippen molar-refractivity contribution in [2.24, 2.45) is 0 Å². The molecule has 0 N–H and O–H groups in total. The van der Waals surface area contributed by atoms with Crippen LogP contribution < -0.4 is 4.74 Å². The Kier molecular flexibility index (Phi) is 4.55. The summed E-state index contributed by atoms with van der Waals surface area (Å²) in [7, 11) is 0. The van der Waals surface area contributed by atoms with Crippen LogP contribution in [0.25, 0.3) is 0 Å². The molecular formula is C14H20O3. The Bertz CT molecular complexity index is 408. The van der Waals surface area contributed by atoms with Gasteiger partial charge in [-0.1, -0.05) is 0 Å². The van der Waals surface area contributed by atoms with Gasteiger partial charge in [0.05, 0.1) is 18.3 Å². The van der Waals surface area contributed by atoms with Gasteiger partial charge in [-0.05, 0) is 57.9 Å². The summed E-state index contributed by atoms with van der Waals surface area (Å²) in [6, 6.07) is 3.59. The molecule has 0 bridgehead atoms. The zero-order valence-corrected chi connectivity index (χ0v) is 11.2. The zero-order valence-electron chi connectivity index (χ0n) is 11.2. The van der Waals surface area contributed by atoms with Gasteiger partial charge in [0.15, 0.2) is 0 Å². The molecule has 0 aliphatic rings. The van der Waals surface area contributed by atoms with Gasteiger partial charge in [0, 0.05) is 0 Å². The van der Waals surface area contributed by atoms with E-state index in [0.717, 1.165) is 16.9 Å². The Balaban J connectivity index is 3.06. The highest BCUT2D eigenvalue weighted by molar-refractivity contribution is 5.91. The predicted octanol–water partition coefficient (Wildman–Crippen LogP) is 3.27. The van der Waals surface area contributed by atoms with Crippen LogP contribution in [-0.2, 0) is 4.74 Å². The molecule has 0 saturated carbocycles. The van der Waals surface area contributed by atoms with Crippen molar-refractivity contribution >= 4 is 5.97 Å². The summed E-state index contributed by atoms with van der Waals surface area (Å²) < 4.78 is 10.7. The summed E-state index contributed by atoms with van der Waals surface area (Å²) in [4.78, 5) is 11.7. The third kappa shape index (κ3) is 3.22. The molecule has 0 spiro atoms. The molecule has 1 aromatic rings. The minimum atomic E-state index is -0.274. The lowest BCUT2D eigenvalue weighted by molar-refractivity contribution is 0.0525. The van der Waals surface area contributed by atoms with E-state index in [1.54, 1.807) is 13.0 Å². The van der Waals surface area contributed by atoms with Gasteiger partial charge in [0.2, 0.25) is 0 Å². The molecule has 0 aliphatic carbocycles. The van der Waals surface area contributed by atoms with Crippen LogP contribution in [0.4, 0.5) is 0 Å². The second-order valence-electron chi connectivity index (χ2n) is 4.25. The lowest BCUT2D eigenvalue weighted by atomic mass is 10.0. The third-order valence-corrected chi connectivity index (χ3v) is 2.60. The number of hydrogen-bond donors (Lipinski definition) is 0. The first-order valence-corrected chi connectivity index (χ1v) is 5.91. The number of carbonyl (C=O) groups is 1. The van der Waals surface area contributed by atoms with E-state index < -0.39 is 0 Å². The van der Waals surface area contributed by atoms with Crippen molar-refractivity contribution in [3.05, 3.63) is 28.8 Å².